The van der Waals surface area contributed by atoms with E-state index in [-0.39, 0.29) is 27.9 Å². The van der Waals surface area contributed by atoms with Crippen molar-refractivity contribution in [2.45, 2.75) is 11.3 Å². The van der Waals surface area contributed by atoms with Gasteiger partial charge in [0.25, 0.3) is 10.0 Å². The fourth-order valence-corrected chi connectivity index (χ4v) is 4.99. The second-order valence-corrected chi connectivity index (χ2v) is 9.84. The van der Waals surface area contributed by atoms with Crippen molar-refractivity contribution in [2.75, 3.05) is 38.7 Å². The summed E-state index contributed by atoms with van der Waals surface area (Å²) < 4.78 is 57.3. The number of nitrogens with zero attached hydrogens (tertiary/aromatic N) is 1. The van der Waals surface area contributed by atoms with Crippen LogP contribution in [0.2, 0.25) is 5.02 Å². The molecule has 3 rings (SSSR count). The van der Waals surface area contributed by atoms with Gasteiger partial charge in [0.05, 0.1) is 36.9 Å². The van der Waals surface area contributed by atoms with E-state index in [1.54, 1.807) is 7.11 Å². The van der Waals surface area contributed by atoms with Crippen molar-refractivity contribution in [2.24, 2.45) is 0 Å². The van der Waals surface area contributed by atoms with E-state index in [1.807, 2.05) is 24.3 Å². The minimum atomic E-state index is -4.28. The second kappa shape index (κ2) is 12.0. The number of nitrogens with one attached hydrogen (secondary N) is 1. The Kier molecular flexibility index (Phi) is 9.00. The number of carbonyl (C=O) groups excluding carboxylic acids is 1. The van der Waals surface area contributed by atoms with Crippen molar-refractivity contribution in [1.82, 2.24) is 5.32 Å². The average Bonchev–Trinajstić information content (AvgIpc) is 2.88. The van der Waals surface area contributed by atoms with Crippen molar-refractivity contribution >= 4 is 33.2 Å². The summed E-state index contributed by atoms with van der Waals surface area (Å²) >= 11 is 5.91. The highest BCUT2D eigenvalue weighted by Crippen LogP contribution is 2.33. The minimum absolute atomic E-state index is 0.0292. The summed E-state index contributed by atoms with van der Waals surface area (Å²) in [6.45, 7) is -0.277. The first-order chi connectivity index (χ1) is 17.2. The van der Waals surface area contributed by atoms with Crippen molar-refractivity contribution < 1.29 is 31.8 Å². The number of halogens is 2. The van der Waals surface area contributed by atoms with Gasteiger partial charge in [0.1, 0.15) is 18.1 Å². The number of amides is 1. The van der Waals surface area contributed by atoms with Crippen molar-refractivity contribution in [3.63, 3.8) is 0 Å². The van der Waals surface area contributed by atoms with E-state index in [4.69, 9.17) is 25.8 Å². The van der Waals surface area contributed by atoms with Crippen LogP contribution in [0.25, 0.3) is 0 Å². The predicted molar refractivity (Wildman–Crippen MR) is 135 cm³/mol. The molecule has 0 spiro atoms. The van der Waals surface area contributed by atoms with E-state index in [1.165, 1.54) is 38.5 Å². The van der Waals surface area contributed by atoms with Crippen molar-refractivity contribution in [3.05, 3.63) is 77.1 Å². The minimum Gasteiger partial charge on any atom is -0.497 e. The van der Waals surface area contributed by atoms with E-state index < -0.39 is 28.3 Å². The topological polar surface area (TPSA) is 94.2 Å². The lowest BCUT2D eigenvalue weighted by atomic mass is 10.1. The molecule has 3 aromatic rings. The third-order valence-electron chi connectivity index (χ3n) is 5.32. The average molecular weight is 537 g/mol. The monoisotopic (exact) mass is 536 g/mol. The maximum absolute atomic E-state index is 13.8. The molecular weight excluding hydrogens is 511 g/mol. The van der Waals surface area contributed by atoms with Crippen LogP contribution in [-0.2, 0) is 21.2 Å². The fraction of sp³-hybridized carbons (Fsp3) is 0.240. The van der Waals surface area contributed by atoms with Crippen LogP contribution in [0.3, 0.4) is 0 Å². The molecule has 3 aromatic carbocycles. The van der Waals surface area contributed by atoms with Gasteiger partial charge in [-0.25, -0.2) is 12.8 Å². The first kappa shape index (κ1) is 27.1. The Hall–Kier alpha value is -3.50. The molecule has 0 saturated carbocycles. The Bertz CT molecular complexity index is 1320. The molecule has 0 atom stereocenters. The van der Waals surface area contributed by atoms with E-state index in [0.717, 1.165) is 27.8 Å². The Balaban J connectivity index is 1.84. The van der Waals surface area contributed by atoms with Gasteiger partial charge in [-0.3, -0.25) is 9.10 Å². The molecule has 8 nitrogen and oxygen atoms in total. The van der Waals surface area contributed by atoms with E-state index in [9.17, 15) is 17.6 Å². The Morgan fingerprint density at radius 3 is 2.25 bits per heavy atom. The van der Waals surface area contributed by atoms with Gasteiger partial charge in [0, 0.05) is 12.6 Å². The van der Waals surface area contributed by atoms with Crippen LogP contribution in [0.15, 0.2) is 65.6 Å². The second-order valence-electron chi connectivity index (χ2n) is 7.57. The molecule has 0 aromatic heterocycles. The van der Waals surface area contributed by atoms with Crippen LogP contribution in [-0.4, -0.2) is 48.7 Å². The van der Waals surface area contributed by atoms with Gasteiger partial charge in [0.15, 0.2) is 11.5 Å². The largest absolute Gasteiger partial charge is 0.497 e. The van der Waals surface area contributed by atoms with Crippen LogP contribution in [0.4, 0.5) is 10.1 Å². The van der Waals surface area contributed by atoms with Crippen molar-refractivity contribution in [1.29, 1.82) is 0 Å². The Morgan fingerprint density at radius 1 is 0.944 bits per heavy atom. The smallest absolute Gasteiger partial charge is 0.264 e. The van der Waals surface area contributed by atoms with Gasteiger partial charge in [-0.15, -0.1) is 0 Å². The van der Waals surface area contributed by atoms with E-state index in [2.05, 4.69) is 5.32 Å². The molecule has 0 bridgehead atoms. The SMILES string of the molecule is COc1ccc(CCNC(=O)CN(c2ccc(F)c(Cl)c2)S(=O)(=O)c2ccc(OC)c(OC)c2)cc1. The number of methoxy groups -OCH3 is 3. The number of hydrogen-bond acceptors (Lipinski definition) is 6. The first-order valence-electron chi connectivity index (χ1n) is 10.8. The molecule has 0 heterocycles. The van der Waals surface area contributed by atoms with Crippen LogP contribution < -0.4 is 23.8 Å². The Morgan fingerprint density at radius 2 is 1.64 bits per heavy atom. The standard InChI is InChI=1S/C25H26ClFN2O6S/c1-33-19-7-4-17(5-8-19)12-13-28-25(30)16-29(18-6-10-22(27)21(26)14-18)36(31,32)20-9-11-23(34-2)24(15-20)35-3/h4-11,14-15H,12-13,16H2,1-3H3,(H,28,30). The molecule has 0 aliphatic heterocycles. The molecule has 0 unspecified atom stereocenters. The zero-order chi connectivity index (χ0) is 26.3. The quantitative estimate of drug-likeness (QED) is 0.397. The molecule has 36 heavy (non-hydrogen) atoms. The normalized spacial score (nSPS) is 11.0. The van der Waals surface area contributed by atoms with Crippen LogP contribution in [0.1, 0.15) is 5.56 Å². The summed E-state index contributed by atoms with van der Waals surface area (Å²) in [5.74, 6) is -0.0127. The number of benzene rings is 3. The maximum atomic E-state index is 13.8. The first-order valence-corrected chi connectivity index (χ1v) is 12.6. The lowest BCUT2D eigenvalue weighted by Crippen LogP contribution is -2.41. The molecule has 1 amide bonds. The van der Waals surface area contributed by atoms with E-state index >= 15 is 0 Å². The molecular formula is C25H26ClFN2O6S. The van der Waals surface area contributed by atoms with Crippen LogP contribution in [0, 0.1) is 5.82 Å². The summed E-state index contributed by atoms with van der Waals surface area (Å²) in [5, 5.41) is 2.44. The highest BCUT2D eigenvalue weighted by atomic mass is 35.5. The van der Waals surface area contributed by atoms with Crippen LogP contribution >= 0.6 is 11.6 Å². The number of hydrogen-bond donors (Lipinski definition) is 1. The molecule has 0 saturated heterocycles. The molecule has 0 aliphatic carbocycles. The third-order valence-corrected chi connectivity index (χ3v) is 7.38. The zero-order valence-corrected chi connectivity index (χ0v) is 21.5. The summed E-state index contributed by atoms with van der Waals surface area (Å²) in [4.78, 5) is 12.6. The van der Waals surface area contributed by atoms with Gasteiger partial charge in [0.2, 0.25) is 5.91 Å². The highest BCUT2D eigenvalue weighted by Gasteiger charge is 2.29. The fourth-order valence-electron chi connectivity index (χ4n) is 3.38. The number of anilines is 1. The molecule has 1 N–H and O–H groups in total. The molecule has 0 fully saturated rings. The van der Waals surface area contributed by atoms with Gasteiger partial charge in [-0.2, -0.15) is 0 Å². The summed E-state index contributed by atoms with van der Waals surface area (Å²) in [6.07, 6.45) is 0.528. The number of rotatable bonds is 11. The van der Waals surface area contributed by atoms with Crippen molar-refractivity contribution in [3.8, 4) is 17.2 Å². The van der Waals surface area contributed by atoms with E-state index in [0.29, 0.717) is 12.2 Å². The summed E-state index contributed by atoms with van der Waals surface area (Å²) in [5.41, 5.74) is 0.998. The lowest BCUT2D eigenvalue weighted by molar-refractivity contribution is -0.119. The maximum Gasteiger partial charge on any atom is 0.264 e. The number of sulfonamides is 1. The van der Waals surface area contributed by atoms with Crippen LogP contribution in [0.5, 0.6) is 17.2 Å². The Labute approximate surface area is 214 Å². The lowest BCUT2D eigenvalue weighted by Gasteiger charge is -2.25. The summed E-state index contributed by atoms with van der Waals surface area (Å²) in [7, 11) is 0.0982. The predicted octanol–water partition coefficient (Wildman–Crippen LogP) is 4.06. The summed E-state index contributed by atoms with van der Waals surface area (Å²) in [6, 6.07) is 14.9. The highest BCUT2D eigenvalue weighted by molar-refractivity contribution is 7.92. The molecule has 0 radical (unpaired) electrons. The zero-order valence-electron chi connectivity index (χ0n) is 20.0. The molecule has 11 heteroatoms. The van der Waals surface area contributed by atoms with Gasteiger partial charge in [-0.05, 0) is 54.4 Å². The third kappa shape index (κ3) is 6.38. The van der Waals surface area contributed by atoms with Gasteiger partial charge < -0.3 is 19.5 Å². The molecule has 0 aliphatic rings. The van der Waals surface area contributed by atoms with Gasteiger partial charge >= 0.3 is 0 Å². The van der Waals surface area contributed by atoms with Gasteiger partial charge in [-0.1, -0.05) is 23.7 Å². The molecule has 192 valence electrons. The number of ether oxygens (including phenoxy) is 3. The number of carbonyl (C=O) groups is 1.